The van der Waals surface area contributed by atoms with Crippen LogP contribution in [0.3, 0.4) is 0 Å². The van der Waals surface area contributed by atoms with Gasteiger partial charge in [-0.15, -0.1) is 13.2 Å². The van der Waals surface area contributed by atoms with Crippen LogP contribution in [0.15, 0.2) is 61.2 Å². The van der Waals surface area contributed by atoms with E-state index in [9.17, 15) is 18.0 Å². The number of alkyl halides is 3. The molecule has 1 aromatic heterocycles. The molecule has 0 aliphatic carbocycles. The normalized spacial score (nSPS) is 11.2. The van der Waals surface area contributed by atoms with E-state index < -0.39 is 18.0 Å². The Balaban J connectivity index is 1.77. The second kappa shape index (κ2) is 6.63. The summed E-state index contributed by atoms with van der Waals surface area (Å²) >= 11 is 0. The van der Waals surface area contributed by atoms with E-state index >= 15 is 0 Å². The quantitative estimate of drug-likeness (QED) is 0.784. The van der Waals surface area contributed by atoms with Gasteiger partial charge in [-0.05, 0) is 36.4 Å². The third-order valence-corrected chi connectivity index (χ3v) is 3.17. The van der Waals surface area contributed by atoms with Crippen molar-refractivity contribution >= 4 is 11.6 Å². The summed E-state index contributed by atoms with van der Waals surface area (Å²) in [4.78, 5) is 16.1. The van der Waals surface area contributed by atoms with Crippen LogP contribution in [-0.4, -0.2) is 27.0 Å². The van der Waals surface area contributed by atoms with Gasteiger partial charge < -0.3 is 10.1 Å². The van der Waals surface area contributed by atoms with Crippen molar-refractivity contribution in [3.8, 4) is 11.4 Å². The van der Waals surface area contributed by atoms with E-state index in [0.717, 1.165) is 6.07 Å². The van der Waals surface area contributed by atoms with Gasteiger partial charge in [-0.25, -0.2) is 9.67 Å². The second-order valence-corrected chi connectivity index (χ2v) is 4.89. The molecule has 0 atom stereocenters. The van der Waals surface area contributed by atoms with E-state index in [1.165, 1.54) is 47.7 Å². The lowest BCUT2D eigenvalue weighted by atomic mass is 10.2. The van der Waals surface area contributed by atoms with Gasteiger partial charge in [-0.2, -0.15) is 5.10 Å². The maximum absolute atomic E-state index is 12.4. The van der Waals surface area contributed by atoms with Crippen LogP contribution in [0.4, 0.5) is 18.9 Å². The maximum Gasteiger partial charge on any atom is 0.573 e. The molecule has 0 aliphatic rings. The van der Waals surface area contributed by atoms with Crippen molar-refractivity contribution in [1.82, 2.24) is 14.8 Å². The molecule has 6 nitrogen and oxygen atoms in total. The molecule has 25 heavy (non-hydrogen) atoms. The fourth-order valence-electron chi connectivity index (χ4n) is 2.09. The van der Waals surface area contributed by atoms with Crippen molar-refractivity contribution in [2.24, 2.45) is 0 Å². The molecule has 0 aliphatic heterocycles. The lowest BCUT2D eigenvalue weighted by Crippen LogP contribution is -2.19. The SMILES string of the molecule is O=C(Nc1ccccc1OC(F)(F)F)c1ccc(-n2cncn2)cc1. The van der Waals surface area contributed by atoms with Gasteiger partial charge >= 0.3 is 6.36 Å². The Labute approximate surface area is 139 Å². The monoisotopic (exact) mass is 348 g/mol. The summed E-state index contributed by atoms with van der Waals surface area (Å²) in [6, 6.07) is 11.7. The van der Waals surface area contributed by atoms with Crippen molar-refractivity contribution in [1.29, 1.82) is 0 Å². The van der Waals surface area contributed by atoms with Gasteiger partial charge in [-0.3, -0.25) is 4.79 Å². The van der Waals surface area contributed by atoms with Crippen LogP contribution < -0.4 is 10.1 Å². The van der Waals surface area contributed by atoms with Crippen LogP contribution >= 0.6 is 0 Å². The molecule has 0 spiro atoms. The molecule has 0 unspecified atom stereocenters. The van der Waals surface area contributed by atoms with Gasteiger partial charge in [0, 0.05) is 5.56 Å². The number of nitrogens with zero attached hydrogens (tertiary/aromatic N) is 3. The van der Waals surface area contributed by atoms with Crippen LogP contribution in [-0.2, 0) is 0 Å². The Morgan fingerprint density at radius 1 is 1.08 bits per heavy atom. The fraction of sp³-hybridized carbons (Fsp3) is 0.0625. The highest BCUT2D eigenvalue weighted by Gasteiger charge is 2.32. The summed E-state index contributed by atoms with van der Waals surface area (Å²) in [5.41, 5.74) is 0.880. The van der Waals surface area contributed by atoms with Crippen molar-refractivity contribution in [2.75, 3.05) is 5.32 Å². The lowest BCUT2D eigenvalue weighted by molar-refractivity contribution is -0.274. The maximum atomic E-state index is 12.4. The van der Waals surface area contributed by atoms with Gasteiger partial charge in [0.15, 0.2) is 5.75 Å². The topological polar surface area (TPSA) is 69.0 Å². The average molecular weight is 348 g/mol. The largest absolute Gasteiger partial charge is 0.573 e. The Hall–Kier alpha value is -3.36. The number of benzene rings is 2. The fourth-order valence-corrected chi connectivity index (χ4v) is 2.09. The molecule has 128 valence electrons. The Bertz CT molecular complexity index is 862. The molecule has 1 N–H and O–H groups in total. The molecule has 3 rings (SSSR count). The Morgan fingerprint density at radius 2 is 1.80 bits per heavy atom. The van der Waals surface area contributed by atoms with Crippen molar-refractivity contribution in [3.05, 3.63) is 66.7 Å². The first kappa shape index (κ1) is 16.5. The highest BCUT2D eigenvalue weighted by molar-refractivity contribution is 6.05. The van der Waals surface area contributed by atoms with E-state index in [1.807, 2.05) is 0 Å². The zero-order valence-electron chi connectivity index (χ0n) is 12.6. The molecular formula is C16H11F3N4O2. The number of nitrogens with one attached hydrogen (secondary N) is 1. The van der Waals surface area contributed by atoms with Gasteiger partial charge in [0.1, 0.15) is 12.7 Å². The molecule has 0 saturated heterocycles. The number of hydrogen-bond donors (Lipinski definition) is 1. The second-order valence-electron chi connectivity index (χ2n) is 4.89. The van der Waals surface area contributed by atoms with Crippen LogP contribution in [0.25, 0.3) is 5.69 Å². The van der Waals surface area contributed by atoms with E-state index in [4.69, 9.17) is 0 Å². The van der Waals surface area contributed by atoms with E-state index in [1.54, 1.807) is 12.1 Å². The summed E-state index contributed by atoms with van der Waals surface area (Å²) in [7, 11) is 0. The van der Waals surface area contributed by atoms with Gasteiger partial charge in [-0.1, -0.05) is 12.1 Å². The number of halogens is 3. The minimum absolute atomic E-state index is 0.0785. The molecule has 0 saturated carbocycles. The number of anilines is 1. The highest BCUT2D eigenvalue weighted by atomic mass is 19.4. The van der Waals surface area contributed by atoms with Crippen LogP contribution in [0.1, 0.15) is 10.4 Å². The number of carbonyl (C=O) groups is 1. The molecule has 0 radical (unpaired) electrons. The van der Waals surface area contributed by atoms with Crippen molar-refractivity contribution in [2.45, 2.75) is 6.36 Å². The van der Waals surface area contributed by atoms with Crippen molar-refractivity contribution < 1.29 is 22.7 Å². The molecule has 9 heteroatoms. The Morgan fingerprint density at radius 3 is 2.44 bits per heavy atom. The molecule has 2 aromatic carbocycles. The summed E-state index contributed by atoms with van der Waals surface area (Å²) in [6.07, 6.45) is -1.97. The first-order valence-electron chi connectivity index (χ1n) is 7.03. The predicted molar refractivity (Wildman–Crippen MR) is 82.4 cm³/mol. The molecule has 0 bridgehead atoms. The zero-order valence-corrected chi connectivity index (χ0v) is 12.6. The molecular weight excluding hydrogens is 337 g/mol. The third-order valence-electron chi connectivity index (χ3n) is 3.17. The third kappa shape index (κ3) is 4.14. The van der Waals surface area contributed by atoms with E-state index in [0.29, 0.717) is 5.69 Å². The van der Waals surface area contributed by atoms with Crippen LogP contribution in [0.2, 0.25) is 0 Å². The number of rotatable bonds is 4. The predicted octanol–water partition coefficient (Wildman–Crippen LogP) is 3.42. The van der Waals surface area contributed by atoms with Crippen LogP contribution in [0.5, 0.6) is 5.75 Å². The number of ether oxygens (including phenoxy) is 1. The molecule has 1 amide bonds. The smallest absolute Gasteiger partial charge is 0.404 e. The number of hydrogen-bond acceptors (Lipinski definition) is 4. The number of amides is 1. The number of para-hydroxylation sites is 2. The Kier molecular flexibility index (Phi) is 4.38. The highest BCUT2D eigenvalue weighted by Crippen LogP contribution is 2.30. The number of carbonyl (C=O) groups excluding carboxylic acids is 1. The first-order chi connectivity index (χ1) is 11.9. The molecule has 1 heterocycles. The summed E-state index contributed by atoms with van der Waals surface area (Å²) in [5, 5.41) is 6.36. The first-order valence-corrected chi connectivity index (χ1v) is 7.03. The van der Waals surface area contributed by atoms with Gasteiger partial charge in [0.2, 0.25) is 0 Å². The van der Waals surface area contributed by atoms with Gasteiger partial charge in [0.25, 0.3) is 5.91 Å². The van der Waals surface area contributed by atoms with Crippen molar-refractivity contribution in [3.63, 3.8) is 0 Å². The van der Waals surface area contributed by atoms with Crippen LogP contribution in [0, 0.1) is 0 Å². The molecule has 3 aromatic rings. The summed E-state index contributed by atoms with van der Waals surface area (Å²) in [5.74, 6) is -1.05. The van der Waals surface area contributed by atoms with E-state index in [2.05, 4.69) is 20.1 Å². The standard InChI is InChI=1S/C16H11F3N4O2/c17-16(18,19)25-14-4-2-1-3-13(14)22-15(24)11-5-7-12(8-6-11)23-10-20-9-21-23/h1-10H,(H,22,24). The minimum atomic E-state index is -4.85. The summed E-state index contributed by atoms with van der Waals surface area (Å²) in [6.45, 7) is 0. The molecule has 0 fully saturated rings. The zero-order chi connectivity index (χ0) is 17.9. The lowest BCUT2D eigenvalue weighted by Gasteiger charge is -2.14. The average Bonchev–Trinajstić information content (AvgIpc) is 3.10. The van der Waals surface area contributed by atoms with Gasteiger partial charge in [0.05, 0.1) is 11.4 Å². The summed E-state index contributed by atoms with van der Waals surface area (Å²) < 4.78 is 42.6. The van der Waals surface area contributed by atoms with E-state index in [-0.39, 0.29) is 11.3 Å². The number of aromatic nitrogens is 3. The minimum Gasteiger partial charge on any atom is -0.404 e.